The number of ether oxygens (including phenoxy) is 1. The van der Waals surface area contributed by atoms with Crippen LogP contribution in [0, 0.1) is 0 Å². The highest BCUT2D eigenvalue weighted by atomic mass is 16.5. The Bertz CT molecular complexity index is 799. The molecule has 1 heterocycles. The second kappa shape index (κ2) is 7.28. The number of carbonyl (C=O) groups excluding carboxylic acids is 1. The van der Waals surface area contributed by atoms with E-state index in [0.717, 1.165) is 17.0 Å². The summed E-state index contributed by atoms with van der Waals surface area (Å²) >= 11 is 0. The molecule has 3 aromatic rings. The average Bonchev–Trinajstić information content (AvgIpc) is 3.09. The van der Waals surface area contributed by atoms with E-state index in [9.17, 15) is 4.79 Å². The van der Waals surface area contributed by atoms with Gasteiger partial charge in [0, 0.05) is 12.2 Å². The zero-order valence-electron chi connectivity index (χ0n) is 13.1. The Morgan fingerprint density at radius 1 is 1.08 bits per heavy atom. The van der Waals surface area contributed by atoms with Crippen LogP contribution in [0.2, 0.25) is 0 Å². The molecule has 0 spiro atoms. The molecule has 0 aliphatic heterocycles. The van der Waals surface area contributed by atoms with Gasteiger partial charge in [-0.15, -0.1) is 10.2 Å². The van der Waals surface area contributed by atoms with E-state index in [2.05, 4.69) is 26.0 Å². The minimum atomic E-state index is -0.302. The van der Waals surface area contributed by atoms with Crippen molar-refractivity contribution >= 4 is 17.4 Å². The van der Waals surface area contributed by atoms with Crippen molar-refractivity contribution in [2.45, 2.75) is 6.54 Å². The van der Waals surface area contributed by atoms with Crippen molar-refractivity contribution in [1.29, 1.82) is 0 Å². The molecule has 0 saturated heterocycles. The van der Waals surface area contributed by atoms with Gasteiger partial charge in [-0.1, -0.05) is 30.3 Å². The van der Waals surface area contributed by atoms with Gasteiger partial charge in [0.1, 0.15) is 5.75 Å². The second-order valence-electron chi connectivity index (χ2n) is 5.04. The number of nitrogens with one attached hydrogen (secondary N) is 3. The van der Waals surface area contributed by atoms with E-state index < -0.39 is 0 Å². The minimum absolute atomic E-state index is 0.210. The van der Waals surface area contributed by atoms with Gasteiger partial charge in [-0.3, -0.25) is 4.79 Å². The van der Waals surface area contributed by atoms with Crippen molar-refractivity contribution < 1.29 is 9.53 Å². The molecule has 0 bridgehead atoms. The molecule has 122 valence electrons. The second-order valence-corrected chi connectivity index (χ2v) is 5.04. The van der Waals surface area contributed by atoms with E-state index in [4.69, 9.17) is 4.74 Å². The Hall–Kier alpha value is -3.35. The van der Waals surface area contributed by atoms with Crippen LogP contribution in [0.25, 0.3) is 0 Å². The van der Waals surface area contributed by atoms with Gasteiger partial charge in [0.05, 0.1) is 7.11 Å². The standard InChI is InChI=1S/C17H17N5O2/c1-24-14-9-7-13(8-10-14)19-16-15(20-22-21-16)17(23)18-11-12-5-3-2-4-6-12/h2-10H,11H2,1H3,(H,18,23)(H2,19,20,21,22). The zero-order valence-corrected chi connectivity index (χ0v) is 13.1. The number of nitrogens with zero attached hydrogens (tertiary/aromatic N) is 2. The molecule has 0 radical (unpaired) electrons. The molecule has 7 nitrogen and oxygen atoms in total. The van der Waals surface area contributed by atoms with Crippen molar-refractivity contribution in [3.05, 3.63) is 65.9 Å². The number of H-pyrrole nitrogens is 1. The molecular formula is C17H17N5O2. The average molecular weight is 323 g/mol. The SMILES string of the molecule is COc1ccc(Nc2n[nH]nc2C(=O)NCc2ccccc2)cc1. The third-order valence-corrected chi connectivity index (χ3v) is 3.41. The number of hydrogen-bond acceptors (Lipinski definition) is 5. The van der Waals surface area contributed by atoms with Crippen molar-refractivity contribution in [1.82, 2.24) is 20.7 Å². The summed E-state index contributed by atoms with van der Waals surface area (Å²) in [5, 5.41) is 16.3. The molecule has 1 amide bonds. The summed E-state index contributed by atoms with van der Waals surface area (Å²) in [6.07, 6.45) is 0. The number of benzene rings is 2. The summed E-state index contributed by atoms with van der Waals surface area (Å²) < 4.78 is 5.11. The molecular weight excluding hydrogens is 306 g/mol. The molecule has 0 unspecified atom stereocenters. The first kappa shape index (κ1) is 15.5. The van der Waals surface area contributed by atoms with Crippen molar-refractivity contribution in [3.8, 4) is 5.75 Å². The van der Waals surface area contributed by atoms with Crippen molar-refractivity contribution in [2.24, 2.45) is 0 Å². The number of aromatic nitrogens is 3. The first-order chi connectivity index (χ1) is 11.8. The Kier molecular flexibility index (Phi) is 4.71. The number of aromatic amines is 1. The van der Waals surface area contributed by atoms with Crippen LogP contribution in [0.3, 0.4) is 0 Å². The fourth-order valence-electron chi connectivity index (χ4n) is 2.15. The lowest BCUT2D eigenvalue weighted by atomic mass is 10.2. The first-order valence-corrected chi connectivity index (χ1v) is 7.40. The fraction of sp³-hybridized carbons (Fsp3) is 0.118. The molecule has 7 heteroatoms. The maximum absolute atomic E-state index is 12.3. The lowest BCUT2D eigenvalue weighted by molar-refractivity contribution is 0.0946. The molecule has 24 heavy (non-hydrogen) atoms. The third kappa shape index (κ3) is 3.70. The predicted molar refractivity (Wildman–Crippen MR) is 90.3 cm³/mol. The zero-order chi connectivity index (χ0) is 16.8. The van der Waals surface area contributed by atoms with E-state index in [-0.39, 0.29) is 11.6 Å². The first-order valence-electron chi connectivity index (χ1n) is 7.40. The van der Waals surface area contributed by atoms with Crippen LogP contribution in [0.1, 0.15) is 16.1 Å². The minimum Gasteiger partial charge on any atom is -0.497 e. The van der Waals surface area contributed by atoms with E-state index >= 15 is 0 Å². The van der Waals surface area contributed by atoms with Crippen LogP contribution in [0.5, 0.6) is 5.75 Å². The summed E-state index contributed by atoms with van der Waals surface area (Å²) in [5.41, 5.74) is 2.00. The number of amides is 1. The maximum atomic E-state index is 12.3. The number of methoxy groups -OCH3 is 1. The summed E-state index contributed by atoms with van der Waals surface area (Å²) in [4.78, 5) is 12.3. The van der Waals surface area contributed by atoms with E-state index in [1.54, 1.807) is 7.11 Å². The van der Waals surface area contributed by atoms with E-state index in [0.29, 0.717) is 12.4 Å². The van der Waals surface area contributed by atoms with E-state index in [1.165, 1.54) is 0 Å². The van der Waals surface area contributed by atoms with Crippen LogP contribution in [-0.2, 0) is 6.54 Å². The molecule has 3 N–H and O–H groups in total. The third-order valence-electron chi connectivity index (χ3n) is 3.41. The van der Waals surface area contributed by atoms with Gasteiger partial charge in [0.2, 0.25) is 0 Å². The highest BCUT2D eigenvalue weighted by Crippen LogP contribution is 2.20. The summed E-state index contributed by atoms with van der Waals surface area (Å²) in [7, 11) is 1.61. The van der Waals surface area contributed by atoms with Gasteiger partial charge in [-0.25, -0.2) is 0 Å². The summed E-state index contributed by atoms with van der Waals surface area (Å²) in [6.45, 7) is 0.425. The van der Waals surface area contributed by atoms with Gasteiger partial charge >= 0.3 is 0 Å². The van der Waals surface area contributed by atoms with Gasteiger partial charge in [0.15, 0.2) is 11.5 Å². The Morgan fingerprint density at radius 3 is 2.54 bits per heavy atom. The molecule has 0 atom stereocenters. The number of carbonyl (C=O) groups is 1. The quantitative estimate of drug-likeness (QED) is 0.648. The topological polar surface area (TPSA) is 91.9 Å². The maximum Gasteiger partial charge on any atom is 0.275 e. The largest absolute Gasteiger partial charge is 0.497 e. The van der Waals surface area contributed by atoms with Gasteiger partial charge in [-0.05, 0) is 29.8 Å². The molecule has 0 aliphatic rings. The highest BCUT2D eigenvalue weighted by Gasteiger charge is 2.16. The van der Waals surface area contributed by atoms with E-state index in [1.807, 2.05) is 54.6 Å². The predicted octanol–water partition coefficient (Wildman–Crippen LogP) is 2.49. The molecule has 3 rings (SSSR count). The Labute approximate surface area is 139 Å². The monoisotopic (exact) mass is 323 g/mol. The fourth-order valence-corrected chi connectivity index (χ4v) is 2.15. The number of hydrogen-bond donors (Lipinski definition) is 3. The molecule has 0 saturated carbocycles. The van der Waals surface area contributed by atoms with Gasteiger partial charge in [-0.2, -0.15) is 5.21 Å². The normalized spacial score (nSPS) is 10.2. The summed E-state index contributed by atoms with van der Waals surface area (Å²) in [5.74, 6) is 0.816. The molecule has 1 aromatic heterocycles. The van der Waals surface area contributed by atoms with Gasteiger partial charge in [0.25, 0.3) is 5.91 Å². The Balaban J connectivity index is 1.66. The van der Waals surface area contributed by atoms with Crippen LogP contribution in [0.15, 0.2) is 54.6 Å². The number of anilines is 2. The van der Waals surface area contributed by atoms with Crippen LogP contribution < -0.4 is 15.4 Å². The van der Waals surface area contributed by atoms with Crippen LogP contribution in [0.4, 0.5) is 11.5 Å². The van der Waals surface area contributed by atoms with Gasteiger partial charge < -0.3 is 15.4 Å². The molecule has 0 fully saturated rings. The smallest absolute Gasteiger partial charge is 0.275 e. The van der Waals surface area contributed by atoms with Crippen LogP contribution in [-0.4, -0.2) is 28.4 Å². The highest BCUT2D eigenvalue weighted by molar-refractivity contribution is 5.97. The lowest BCUT2D eigenvalue weighted by Gasteiger charge is -2.07. The number of rotatable bonds is 6. The lowest BCUT2D eigenvalue weighted by Crippen LogP contribution is -2.24. The molecule has 0 aliphatic carbocycles. The van der Waals surface area contributed by atoms with Crippen LogP contribution >= 0.6 is 0 Å². The summed E-state index contributed by atoms with van der Waals surface area (Å²) in [6, 6.07) is 17.0. The Morgan fingerprint density at radius 2 is 1.83 bits per heavy atom. The van der Waals surface area contributed by atoms with Crippen molar-refractivity contribution in [3.63, 3.8) is 0 Å². The molecule has 2 aromatic carbocycles. The van der Waals surface area contributed by atoms with Crippen molar-refractivity contribution in [2.75, 3.05) is 12.4 Å².